The fourth-order valence-electron chi connectivity index (χ4n) is 3.50. The van der Waals surface area contributed by atoms with Crippen LogP contribution < -0.4 is 5.32 Å². The second-order valence-electron chi connectivity index (χ2n) is 8.43. The van der Waals surface area contributed by atoms with Crippen molar-refractivity contribution >= 4 is 11.8 Å². The van der Waals surface area contributed by atoms with E-state index >= 15 is 0 Å². The molecule has 2 heterocycles. The summed E-state index contributed by atoms with van der Waals surface area (Å²) in [6.07, 6.45) is -4.75. The summed E-state index contributed by atoms with van der Waals surface area (Å²) in [7, 11) is 1.66. The zero-order valence-electron chi connectivity index (χ0n) is 19.3. The molecule has 0 spiro atoms. The van der Waals surface area contributed by atoms with Gasteiger partial charge in [0.2, 0.25) is 0 Å². The highest BCUT2D eigenvalue weighted by molar-refractivity contribution is 5.95. The first-order valence-electron chi connectivity index (χ1n) is 10.9. The summed E-state index contributed by atoms with van der Waals surface area (Å²) < 4.78 is 80.0. The van der Waals surface area contributed by atoms with Crippen molar-refractivity contribution in [2.75, 3.05) is 7.05 Å². The molecule has 1 N–H and O–H groups in total. The molecule has 37 heavy (non-hydrogen) atoms. The Morgan fingerprint density at radius 1 is 1.00 bits per heavy atom. The molecule has 9 nitrogen and oxygen atoms in total. The predicted molar refractivity (Wildman–Crippen MR) is 114 cm³/mol. The van der Waals surface area contributed by atoms with Crippen LogP contribution in [0.15, 0.2) is 36.9 Å². The molecule has 2 amide bonds. The minimum atomic E-state index is -5.10. The number of nitrogens with one attached hydrogen (secondary N) is 1. The maximum Gasteiger partial charge on any atom is 0.416 e. The van der Waals surface area contributed by atoms with Gasteiger partial charge < -0.3 is 10.2 Å². The van der Waals surface area contributed by atoms with Gasteiger partial charge in [-0.2, -0.15) is 36.1 Å². The van der Waals surface area contributed by atoms with E-state index in [-0.39, 0.29) is 35.4 Å². The van der Waals surface area contributed by atoms with E-state index in [0.717, 1.165) is 19.2 Å². The molecule has 1 saturated carbocycles. The zero-order valence-corrected chi connectivity index (χ0v) is 19.3. The van der Waals surface area contributed by atoms with Crippen LogP contribution in [-0.4, -0.2) is 54.5 Å². The summed E-state index contributed by atoms with van der Waals surface area (Å²) in [6, 6.07) is -0.233. The quantitative estimate of drug-likeness (QED) is 0.489. The predicted octanol–water partition coefficient (Wildman–Crippen LogP) is 3.82. The number of hydrogen-bond acceptors (Lipinski definition) is 6. The fourth-order valence-corrected chi connectivity index (χ4v) is 3.50. The monoisotopic (exact) mass is 527 g/mol. The molecular formula is C22H19F6N7O2. The van der Waals surface area contributed by atoms with Gasteiger partial charge in [0.05, 0.1) is 29.6 Å². The highest BCUT2D eigenvalue weighted by atomic mass is 19.4. The number of aromatic nitrogens is 5. The number of carbonyl (C=O) groups is 2. The van der Waals surface area contributed by atoms with Crippen LogP contribution in [0.1, 0.15) is 63.6 Å². The lowest BCUT2D eigenvalue weighted by atomic mass is 10.0. The van der Waals surface area contributed by atoms with Crippen molar-refractivity contribution in [2.24, 2.45) is 0 Å². The van der Waals surface area contributed by atoms with Crippen LogP contribution in [0, 0.1) is 0 Å². The van der Waals surface area contributed by atoms with Crippen LogP contribution in [0.5, 0.6) is 0 Å². The van der Waals surface area contributed by atoms with Crippen LogP contribution in [-0.2, 0) is 12.4 Å². The number of alkyl halides is 6. The lowest BCUT2D eigenvalue weighted by molar-refractivity contribution is -0.143. The Bertz CT molecular complexity index is 1280. The van der Waals surface area contributed by atoms with Crippen LogP contribution in [0.2, 0.25) is 0 Å². The standard InChI is InChI=1S/C22H19F6N7O2/c1-11(33-19(36)12-5-13(21(23,24)25)7-14(6-12)22(26,27)28)18-31-10-32-35(18)17-9-29-16(8-30-17)20(37)34(2)15-3-4-15/h5-11,15H,3-4H2,1-2H3,(H,33,36)/t11-/m0/s1. The van der Waals surface area contributed by atoms with E-state index < -0.39 is 41.0 Å². The number of nitrogens with zero attached hydrogens (tertiary/aromatic N) is 6. The molecule has 0 radical (unpaired) electrons. The van der Waals surface area contributed by atoms with Gasteiger partial charge in [0.15, 0.2) is 11.6 Å². The van der Waals surface area contributed by atoms with Crippen molar-refractivity contribution in [1.29, 1.82) is 0 Å². The molecule has 0 aliphatic heterocycles. The Balaban J connectivity index is 1.54. The average molecular weight is 527 g/mol. The van der Waals surface area contributed by atoms with Crippen molar-refractivity contribution in [3.8, 4) is 5.82 Å². The SMILES string of the molecule is C[C@H](NC(=O)c1cc(C(F)(F)F)cc(C(F)(F)F)c1)c1ncnn1-c1cnc(C(=O)N(C)C2CC2)cn1. The lowest BCUT2D eigenvalue weighted by Crippen LogP contribution is -2.30. The number of carbonyl (C=O) groups excluding carboxylic acids is 2. The normalized spacial score (nSPS) is 14.8. The van der Waals surface area contributed by atoms with Crippen LogP contribution >= 0.6 is 0 Å². The van der Waals surface area contributed by atoms with Gasteiger partial charge in [-0.3, -0.25) is 9.59 Å². The van der Waals surface area contributed by atoms with Gasteiger partial charge in [-0.05, 0) is 38.0 Å². The van der Waals surface area contributed by atoms with Crippen LogP contribution in [0.25, 0.3) is 5.82 Å². The molecule has 0 saturated heterocycles. The maximum atomic E-state index is 13.1. The second kappa shape index (κ2) is 9.44. The molecule has 1 aromatic carbocycles. The average Bonchev–Trinajstić information content (AvgIpc) is 3.57. The zero-order chi connectivity index (χ0) is 27.1. The number of hydrogen-bond donors (Lipinski definition) is 1. The number of rotatable bonds is 6. The molecule has 0 unspecified atom stereocenters. The van der Waals surface area contributed by atoms with E-state index in [1.807, 2.05) is 0 Å². The maximum absolute atomic E-state index is 13.1. The minimum absolute atomic E-state index is 0.0632. The summed E-state index contributed by atoms with van der Waals surface area (Å²) in [5.74, 6) is -1.30. The summed E-state index contributed by atoms with van der Waals surface area (Å²) in [6.45, 7) is 1.41. The largest absolute Gasteiger partial charge is 0.416 e. The van der Waals surface area contributed by atoms with Gasteiger partial charge in [-0.1, -0.05) is 0 Å². The molecule has 196 valence electrons. The Morgan fingerprint density at radius 3 is 2.14 bits per heavy atom. The van der Waals surface area contributed by atoms with Gasteiger partial charge in [0.1, 0.15) is 12.0 Å². The number of amides is 2. The molecule has 3 aromatic rings. The van der Waals surface area contributed by atoms with E-state index in [4.69, 9.17) is 0 Å². The summed E-state index contributed by atoms with van der Waals surface area (Å²) in [4.78, 5) is 38.9. The van der Waals surface area contributed by atoms with E-state index in [0.29, 0.717) is 12.1 Å². The Labute approximate surface area is 205 Å². The molecule has 4 rings (SSSR count). The van der Waals surface area contributed by atoms with Crippen molar-refractivity contribution < 1.29 is 35.9 Å². The van der Waals surface area contributed by atoms with E-state index in [2.05, 4.69) is 25.4 Å². The second-order valence-corrected chi connectivity index (χ2v) is 8.43. The number of halogens is 6. The van der Waals surface area contributed by atoms with Crippen molar-refractivity contribution in [1.82, 2.24) is 34.9 Å². The molecular weight excluding hydrogens is 508 g/mol. The molecule has 15 heteroatoms. The van der Waals surface area contributed by atoms with Gasteiger partial charge in [-0.25, -0.2) is 15.0 Å². The van der Waals surface area contributed by atoms with E-state index in [1.165, 1.54) is 24.0 Å². The van der Waals surface area contributed by atoms with Crippen molar-refractivity contribution in [3.63, 3.8) is 0 Å². The Hall–Kier alpha value is -4.04. The molecule has 1 atom stereocenters. The van der Waals surface area contributed by atoms with E-state index in [9.17, 15) is 35.9 Å². The first kappa shape index (κ1) is 26.0. The van der Waals surface area contributed by atoms with Gasteiger partial charge in [0, 0.05) is 18.7 Å². The molecule has 1 fully saturated rings. The summed E-state index contributed by atoms with van der Waals surface area (Å²) >= 11 is 0. The number of benzene rings is 1. The van der Waals surface area contributed by atoms with Crippen molar-refractivity contribution in [3.05, 3.63) is 65.1 Å². The first-order chi connectivity index (χ1) is 17.3. The molecule has 1 aliphatic carbocycles. The topological polar surface area (TPSA) is 106 Å². The van der Waals surface area contributed by atoms with Gasteiger partial charge in [-0.15, -0.1) is 0 Å². The van der Waals surface area contributed by atoms with Crippen molar-refractivity contribution in [2.45, 2.75) is 44.2 Å². The van der Waals surface area contributed by atoms with Gasteiger partial charge >= 0.3 is 12.4 Å². The summed E-state index contributed by atoms with van der Waals surface area (Å²) in [5, 5.41) is 6.31. The smallest absolute Gasteiger partial charge is 0.342 e. The van der Waals surface area contributed by atoms with Crippen LogP contribution in [0.4, 0.5) is 26.3 Å². The van der Waals surface area contributed by atoms with Crippen LogP contribution in [0.3, 0.4) is 0 Å². The van der Waals surface area contributed by atoms with Gasteiger partial charge in [0.25, 0.3) is 11.8 Å². The minimum Gasteiger partial charge on any atom is -0.342 e. The lowest BCUT2D eigenvalue weighted by Gasteiger charge is -2.17. The molecule has 0 bridgehead atoms. The highest BCUT2D eigenvalue weighted by Gasteiger charge is 2.38. The fraction of sp³-hybridized carbons (Fsp3) is 0.364. The third kappa shape index (κ3) is 5.70. The highest BCUT2D eigenvalue weighted by Crippen LogP contribution is 2.36. The third-order valence-corrected chi connectivity index (χ3v) is 5.65. The molecule has 1 aliphatic rings. The third-order valence-electron chi connectivity index (χ3n) is 5.65. The Kier molecular flexibility index (Phi) is 6.64. The Morgan fingerprint density at radius 2 is 1.62 bits per heavy atom. The molecule has 2 aromatic heterocycles. The first-order valence-corrected chi connectivity index (χ1v) is 10.9. The van der Waals surface area contributed by atoms with E-state index in [1.54, 1.807) is 11.9 Å². The summed E-state index contributed by atoms with van der Waals surface area (Å²) in [5.41, 5.74) is -3.95.